The van der Waals surface area contributed by atoms with Crippen LogP contribution < -0.4 is 0 Å². The summed E-state index contributed by atoms with van der Waals surface area (Å²) in [5, 5.41) is 0. The molecule has 0 spiro atoms. The minimum Gasteiger partial charge on any atom is -0.0625 e. The monoisotopic (exact) mass is 168 g/mol. The molecule has 0 heterocycles. The molecule has 0 aromatic heterocycles. The van der Waals surface area contributed by atoms with Crippen LogP contribution in [0, 0.1) is 23.7 Å². The van der Waals surface area contributed by atoms with Crippen LogP contribution in [0.5, 0.6) is 0 Å². The molecule has 1 saturated carbocycles. The lowest BCUT2D eigenvalue weighted by molar-refractivity contribution is 0.337. The lowest BCUT2D eigenvalue weighted by atomic mass is 9.88. The third kappa shape index (κ3) is 3.16. The fourth-order valence-electron chi connectivity index (χ4n) is 1.76. The topological polar surface area (TPSA) is 0 Å². The van der Waals surface area contributed by atoms with Crippen molar-refractivity contribution < 1.29 is 0 Å². The largest absolute Gasteiger partial charge is 0.0625 e. The van der Waals surface area contributed by atoms with Crippen molar-refractivity contribution in [3.05, 3.63) is 0 Å². The van der Waals surface area contributed by atoms with Crippen molar-refractivity contribution in [2.45, 2.75) is 53.4 Å². The zero-order valence-electron chi connectivity index (χ0n) is 9.14. The first kappa shape index (κ1) is 10.1. The molecule has 0 aromatic carbocycles. The van der Waals surface area contributed by atoms with Crippen molar-refractivity contribution in [1.29, 1.82) is 0 Å². The highest BCUT2D eigenvalue weighted by atomic mass is 14.3. The Hall–Kier alpha value is 0. The minimum absolute atomic E-state index is 0.872. The maximum Gasteiger partial charge on any atom is -0.0388 e. The van der Waals surface area contributed by atoms with E-state index < -0.39 is 0 Å². The molecule has 0 aromatic rings. The van der Waals surface area contributed by atoms with Crippen LogP contribution in [0.15, 0.2) is 0 Å². The van der Waals surface area contributed by atoms with Crippen LogP contribution in [0.3, 0.4) is 0 Å². The molecule has 72 valence electrons. The van der Waals surface area contributed by atoms with Gasteiger partial charge in [0.2, 0.25) is 0 Å². The summed E-state index contributed by atoms with van der Waals surface area (Å²) in [6.45, 7) is 9.51. The van der Waals surface area contributed by atoms with Gasteiger partial charge in [0.25, 0.3) is 0 Å². The maximum absolute atomic E-state index is 2.44. The van der Waals surface area contributed by atoms with Gasteiger partial charge in [-0.25, -0.2) is 0 Å². The zero-order chi connectivity index (χ0) is 9.14. The molecule has 0 radical (unpaired) electrons. The second-order valence-corrected chi connectivity index (χ2v) is 5.11. The van der Waals surface area contributed by atoms with E-state index in [-0.39, 0.29) is 0 Å². The molecule has 12 heavy (non-hydrogen) atoms. The lowest BCUT2D eigenvalue weighted by Crippen LogP contribution is -2.07. The first-order chi connectivity index (χ1) is 5.61. The molecular weight excluding hydrogens is 144 g/mol. The Morgan fingerprint density at radius 3 is 2.00 bits per heavy atom. The maximum atomic E-state index is 2.44. The van der Waals surface area contributed by atoms with Gasteiger partial charge in [-0.2, -0.15) is 0 Å². The molecule has 0 nitrogen and oxygen atoms in total. The van der Waals surface area contributed by atoms with Gasteiger partial charge in [0.1, 0.15) is 0 Å². The van der Waals surface area contributed by atoms with Crippen LogP contribution in [-0.2, 0) is 0 Å². The van der Waals surface area contributed by atoms with E-state index in [1.54, 1.807) is 0 Å². The smallest absolute Gasteiger partial charge is 0.0388 e. The van der Waals surface area contributed by atoms with Crippen LogP contribution >= 0.6 is 0 Å². The summed E-state index contributed by atoms with van der Waals surface area (Å²) < 4.78 is 0. The summed E-state index contributed by atoms with van der Waals surface area (Å²) in [6.07, 6.45) is 5.92. The van der Waals surface area contributed by atoms with E-state index in [1.165, 1.54) is 25.7 Å². The molecule has 0 N–H and O–H groups in total. The van der Waals surface area contributed by atoms with Gasteiger partial charge in [0.05, 0.1) is 0 Å². The highest BCUT2D eigenvalue weighted by Crippen LogP contribution is 2.39. The van der Waals surface area contributed by atoms with E-state index in [2.05, 4.69) is 27.7 Å². The quantitative estimate of drug-likeness (QED) is 0.579. The van der Waals surface area contributed by atoms with Gasteiger partial charge in [-0.15, -0.1) is 0 Å². The van der Waals surface area contributed by atoms with Gasteiger partial charge >= 0.3 is 0 Å². The van der Waals surface area contributed by atoms with Crippen molar-refractivity contribution in [1.82, 2.24) is 0 Å². The molecule has 0 heteroatoms. The molecule has 0 aliphatic heterocycles. The molecule has 1 fully saturated rings. The highest BCUT2D eigenvalue weighted by molar-refractivity contribution is 4.78. The molecule has 0 saturated heterocycles. The number of hydrogen-bond acceptors (Lipinski definition) is 0. The van der Waals surface area contributed by atoms with Crippen molar-refractivity contribution >= 4 is 0 Å². The molecule has 1 aliphatic rings. The van der Waals surface area contributed by atoms with Crippen molar-refractivity contribution in [2.24, 2.45) is 23.7 Å². The van der Waals surface area contributed by atoms with Gasteiger partial charge in [-0.1, -0.05) is 40.5 Å². The molecule has 1 rings (SSSR count). The van der Waals surface area contributed by atoms with E-state index >= 15 is 0 Å². The normalized spacial score (nSPS) is 22.8. The van der Waals surface area contributed by atoms with Crippen LogP contribution in [0.25, 0.3) is 0 Å². The van der Waals surface area contributed by atoms with E-state index in [4.69, 9.17) is 0 Å². The average Bonchev–Trinajstić information content (AvgIpc) is 2.81. The summed E-state index contributed by atoms with van der Waals surface area (Å²) in [6, 6.07) is 0. The summed E-state index contributed by atoms with van der Waals surface area (Å²) in [5.41, 5.74) is 0. The third-order valence-corrected chi connectivity index (χ3v) is 3.64. The van der Waals surface area contributed by atoms with Gasteiger partial charge in [0.15, 0.2) is 0 Å². The summed E-state index contributed by atoms with van der Waals surface area (Å²) in [4.78, 5) is 0. The van der Waals surface area contributed by atoms with Gasteiger partial charge in [-0.05, 0) is 36.5 Å². The van der Waals surface area contributed by atoms with Gasteiger partial charge in [0, 0.05) is 0 Å². The van der Waals surface area contributed by atoms with E-state index in [9.17, 15) is 0 Å². The SMILES string of the molecule is CC(C)C(C)CCC(C)C1CC1. The van der Waals surface area contributed by atoms with Crippen molar-refractivity contribution in [3.63, 3.8) is 0 Å². The first-order valence-corrected chi connectivity index (χ1v) is 5.61. The van der Waals surface area contributed by atoms with E-state index in [0.717, 1.165) is 23.7 Å². The molecule has 2 atom stereocenters. The Morgan fingerprint density at radius 1 is 1.00 bits per heavy atom. The summed E-state index contributed by atoms with van der Waals surface area (Å²) in [7, 11) is 0. The van der Waals surface area contributed by atoms with Crippen LogP contribution in [-0.4, -0.2) is 0 Å². The number of hydrogen-bond donors (Lipinski definition) is 0. The molecule has 1 aliphatic carbocycles. The minimum atomic E-state index is 0.872. The fourth-order valence-corrected chi connectivity index (χ4v) is 1.76. The summed E-state index contributed by atoms with van der Waals surface area (Å²) in [5.74, 6) is 3.90. The second kappa shape index (κ2) is 4.30. The van der Waals surface area contributed by atoms with E-state index in [1.807, 2.05) is 0 Å². The molecule has 0 amide bonds. The van der Waals surface area contributed by atoms with E-state index in [0.29, 0.717) is 0 Å². The van der Waals surface area contributed by atoms with Crippen LogP contribution in [0.4, 0.5) is 0 Å². The molecular formula is C12H24. The predicted octanol–water partition coefficient (Wildman–Crippen LogP) is 4.10. The van der Waals surface area contributed by atoms with Crippen LogP contribution in [0.1, 0.15) is 53.4 Å². The zero-order valence-corrected chi connectivity index (χ0v) is 9.14. The predicted molar refractivity (Wildman–Crippen MR) is 55.1 cm³/mol. The standard InChI is InChI=1S/C12H24/c1-9(2)10(3)5-6-11(4)12-7-8-12/h9-12H,5-8H2,1-4H3. The fraction of sp³-hybridized carbons (Fsp3) is 1.00. The Kier molecular flexibility index (Phi) is 3.61. The lowest BCUT2D eigenvalue weighted by Gasteiger charge is -2.17. The average molecular weight is 168 g/mol. The number of rotatable bonds is 5. The molecule has 0 bridgehead atoms. The van der Waals surface area contributed by atoms with Crippen LogP contribution in [0.2, 0.25) is 0 Å². The van der Waals surface area contributed by atoms with Crippen molar-refractivity contribution in [2.75, 3.05) is 0 Å². The third-order valence-electron chi connectivity index (χ3n) is 3.64. The van der Waals surface area contributed by atoms with Gasteiger partial charge in [-0.3, -0.25) is 0 Å². The first-order valence-electron chi connectivity index (χ1n) is 5.61. The second-order valence-electron chi connectivity index (χ2n) is 5.11. The summed E-state index contributed by atoms with van der Waals surface area (Å²) >= 11 is 0. The van der Waals surface area contributed by atoms with Crippen molar-refractivity contribution in [3.8, 4) is 0 Å². The Bertz CT molecular complexity index is 114. The Balaban J connectivity index is 2.07. The highest BCUT2D eigenvalue weighted by Gasteiger charge is 2.27. The molecule has 2 unspecified atom stereocenters. The Labute approximate surface area is 77.7 Å². The Morgan fingerprint density at radius 2 is 1.58 bits per heavy atom. The van der Waals surface area contributed by atoms with Gasteiger partial charge < -0.3 is 0 Å².